The summed E-state index contributed by atoms with van der Waals surface area (Å²) in [6.45, 7) is 4.02. The highest BCUT2D eigenvalue weighted by atomic mass is 19.1. The van der Waals surface area contributed by atoms with Crippen LogP contribution in [0.3, 0.4) is 0 Å². The first-order chi connectivity index (χ1) is 17.2. The van der Waals surface area contributed by atoms with Gasteiger partial charge in [0.05, 0.1) is 11.4 Å². The van der Waals surface area contributed by atoms with Crippen LogP contribution < -0.4 is 15.2 Å². The molecule has 35 heavy (non-hydrogen) atoms. The molecule has 0 spiro atoms. The third-order valence-corrected chi connectivity index (χ3v) is 7.11. The van der Waals surface area contributed by atoms with Crippen molar-refractivity contribution in [3.63, 3.8) is 0 Å². The molecule has 6 nitrogen and oxygen atoms in total. The van der Waals surface area contributed by atoms with Gasteiger partial charge in [-0.1, -0.05) is 6.07 Å². The molecule has 0 saturated carbocycles. The Balaban J connectivity index is 1.24. The smallest absolute Gasteiger partial charge is 0.262 e. The Morgan fingerprint density at radius 3 is 2.66 bits per heavy atom. The lowest BCUT2D eigenvalue weighted by atomic mass is 10.1. The molecule has 2 aliphatic rings. The summed E-state index contributed by atoms with van der Waals surface area (Å²) in [5.74, 6) is 0.790. The largest absolute Gasteiger partial charge is 0.439 e. The van der Waals surface area contributed by atoms with Crippen molar-refractivity contribution in [1.29, 1.82) is 0 Å². The molecule has 2 fully saturated rings. The average molecular weight is 471 g/mol. The molecule has 0 radical (unpaired) electrons. The summed E-state index contributed by atoms with van der Waals surface area (Å²) in [4.78, 5) is 22.0. The number of pyridine rings is 2. The number of hydrogen-bond donors (Lipinski definition) is 0. The number of fused-ring (bicyclic) bond motifs is 1. The zero-order valence-electron chi connectivity index (χ0n) is 19.4. The van der Waals surface area contributed by atoms with Gasteiger partial charge in [0.25, 0.3) is 5.56 Å². The van der Waals surface area contributed by atoms with E-state index < -0.39 is 0 Å². The fraction of sp³-hybridized carbons (Fsp3) is 0.286. The molecular formula is C28H27FN4O2. The molecule has 7 heteroatoms. The summed E-state index contributed by atoms with van der Waals surface area (Å²) >= 11 is 0. The van der Waals surface area contributed by atoms with Crippen LogP contribution in [0.1, 0.15) is 19.3 Å². The minimum atomic E-state index is -0.296. The topological polar surface area (TPSA) is 50.6 Å². The van der Waals surface area contributed by atoms with Crippen LogP contribution in [0.2, 0.25) is 0 Å². The molecule has 6 rings (SSSR count). The summed E-state index contributed by atoms with van der Waals surface area (Å²) in [6.07, 6.45) is 6.94. The van der Waals surface area contributed by atoms with E-state index in [1.165, 1.54) is 23.5 Å². The van der Waals surface area contributed by atoms with E-state index in [1.54, 1.807) is 36.7 Å². The Morgan fingerprint density at radius 2 is 1.86 bits per heavy atom. The van der Waals surface area contributed by atoms with Gasteiger partial charge in [0.15, 0.2) is 0 Å². The Hall–Kier alpha value is -3.71. The third-order valence-electron chi connectivity index (χ3n) is 7.11. The van der Waals surface area contributed by atoms with Gasteiger partial charge in [0.1, 0.15) is 11.6 Å². The van der Waals surface area contributed by atoms with Crippen molar-refractivity contribution in [3.05, 3.63) is 89.2 Å². The summed E-state index contributed by atoms with van der Waals surface area (Å²) in [6, 6.07) is 18.2. The first kappa shape index (κ1) is 21.8. The number of benzene rings is 2. The van der Waals surface area contributed by atoms with E-state index in [2.05, 4.69) is 14.8 Å². The maximum atomic E-state index is 15.2. The number of halogens is 1. The number of rotatable bonds is 5. The van der Waals surface area contributed by atoms with Crippen LogP contribution in [0.5, 0.6) is 11.6 Å². The number of ether oxygens (including phenoxy) is 1. The molecule has 2 aromatic heterocycles. The van der Waals surface area contributed by atoms with Crippen LogP contribution in [0.25, 0.3) is 16.5 Å². The van der Waals surface area contributed by atoms with Gasteiger partial charge < -0.3 is 9.64 Å². The van der Waals surface area contributed by atoms with Crippen molar-refractivity contribution >= 4 is 16.5 Å². The highest BCUT2D eigenvalue weighted by molar-refractivity contribution is 5.83. The average Bonchev–Trinajstić information content (AvgIpc) is 3.57. The zero-order valence-corrected chi connectivity index (χ0v) is 19.4. The van der Waals surface area contributed by atoms with Gasteiger partial charge in [-0.05, 0) is 80.2 Å². The Bertz CT molecular complexity index is 1420. The van der Waals surface area contributed by atoms with E-state index in [-0.39, 0.29) is 11.4 Å². The molecule has 0 amide bonds. The van der Waals surface area contributed by atoms with Crippen LogP contribution in [-0.2, 0) is 0 Å². The quantitative estimate of drug-likeness (QED) is 0.411. The number of aromatic nitrogens is 2. The van der Waals surface area contributed by atoms with E-state index in [1.807, 2.05) is 30.3 Å². The van der Waals surface area contributed by atoms with E-state index in [9.17, 15) is 4.79 Å². The second-order valence-corrected chi connectivity index (χ2v) is 9.28. The summed E-state index contributed by atoms with van der Waals surface area (Å²) in [5, 5.41) is 1.29. The molecule has 0 aliphatic carbocycles. The summed E-state index contributed by atoms with van der Waals surface area (Å²) < 4.78 is 22.5. The molecule has 2 saturated heterocycles. The Labute approximate surface area is 203 Å². The van der Waals surface area contributed by atoms with Gasteiger partial charge in [-0.3, -0.25) is 14.3 Å². The normalized spacial score (nSPS) is 18.4. The highest BCUT2D eigenvalue weighted by Crippen LogP contribution is 2.29. The SMILES string of the molecule is O=c1c2ccc(Oc3ccccn3)cc2ccn1-c1ccc(N2CC[C@@H](N3CCCC3)C2)c(F)c1. The van der Waals surface area contributed by atoms with E-state index in [4.69, 9.17) is 4.74 Å². The fourth-order valence-corrected chi connectivity index (χ4v) is 5.29. The number of likely N-dealkylation sites (tertiary alicyclic amines) is 1. The predicted molar refractivity (Wildman–Crippen MR) is 135 cm³/mol. The molecular weight excluding hydrogens is 443 g/mol. The lowest BCUT2D eigenvalue weighted by Gasteiger charge is -2.25. The summed E-state index contributed by atoms with van der Waals surface area (Å²) in [7, 11) is 0. The summed E-state index contributed by atoms with van der Waals surface area (Å²) in [5.41, 5.74) is 0.928. The molecule has 4 heterocycles. The Morgan fingerprint density at radius 1 is 0.971 bits per heavy atom. The van der Waals surface area contributed by atoms with E-state index in [0.717, 1.165) is 38.0 Å². The standard InChI is InChI=1S/C28H27FN4O2/c29-25-18-21(6-9-26(25)32-15-11-22(19-32)31-13-3-4-14-31)33-16-10-20-17-23(7-8-24(20)28(33)34)35-27-5-1-2-12-30-27/h1-2,5-10,12,16-18,22H,3-4,11,13-15,19H2/t22-/m1/s1. The Kier molecular flexibility index (Phi) is 5.70. The van der Waals surface area contributed by atoms with Crippen LogP contribution in [0.4, 0.5) is 10.1 Å². The van der Waals surface area contributed by atoms with E-state index in [0.29, 0.717) is 34.4 Å². The lowest BCUT2D eigenvalue weighted by molar-refractivity contribution is 0.260. The van der Waals surface area contributed by atoms with Crippen molar-refractivity contribution in [2.24, 2.45) is 0 Å². The minimum absolute atomic E-state index is 0.200. The number of nitrogens with zero attached hydrogens (tertiary/aromatic N) is 4. The second-order valence-electron chi connectivity index (χ2n) is 9.28. The lowest BCUT2D eigenvalue weighted by Crippen LogP contribution is -2.35. The molecule has 2 aliphatic heterocycles. The first-order valence-electron chi connectivity index (χ1n) is 12.2. The van der Waals surface area contributed by atoms with Crippen molar-refractivity contribution in [3.8, 4) is 17.3 Å². The van der Waals surface area contributed by atoms with Crippen LogP contribution in [-0.4, -0.2) is 46.7 Å². The van der Waals surface area contributed by atoms with Crippen molar-refractivity contribution < 1.29 is 9.13 Å². The predicted octanol–water partition coefficient (Wildman–Crippen LogP) is 4.99. The molecule has 178 valence electrons. The van der Waals surface area contributed by atoms with Gasteiger partial charge in [-0.2, -0.15) is 0 Å². The van der Waals surface area contributed by atoms with Crippen LogP contribution >= 0.6 is 0 Å². The maximum absolute atomic E-state index is 15.2. The first-order valence-corrected chi connectivity index (χ1v) is 12.2. The number of anilines is 1. The molecule has 1 atom stereocenters. The zero-order chi connectivity index (χ0) is 23.8. The molecule has 0 bridgehead atoms. The van der Waals surface area contributed by atoms with Crippen LogP contribution in [0.15, 0.2) is 77.9 Å². The molecule has 2 aromatic carbocycles. The fourth-order valence-electron chi connectivity index (χ4n) is 5.29. The molecule has 0 unspecified atom stereocenters. The monoisotopic (exact) mass is 470 g/mol. The van der Waals surface area contributed by atoms with Crippen molar-refractivity contribution in [2.45, 2.75) is 25.3 Å². The minimum Gasteiger partial charge on any atom is -0.439 e. The second kappa shape index (κ2) is 9.15. The van der Waals surface area contributed by atoms with E-state index >= 15 is 4.39 Å². The van der Waals surface area contributed by atoms with Gasteiger partial charge >= 0.3 is 0 Å². The maximum Gasteiger partial charge on any atom is 0.262 e. The van der Waals surface area contributed by atoms with Crippen molar-refractivity contribution in [1.82, 2.24) is 14.5 Å². The van der Waals surface area contributed by atoms with Gasteiger partial charge in [0.2, 0.25) is 5.88 Å². The molecule has 4 aromatic rings. The third kappa shape index (κ3) is 4.28. The number of hydrogen-bond acceptors (Lipinski definition) is 5. The molecule has 0 N–H and O–H groups in total. The van der Waals surface area contributed by atoms with Gasteiger partial charge in [-0.25, -0.2) is 9.37 Å². The van der Waals surface area contributed by atoms with Crippen LogP contribution in [0, 0.1) is 5.82 Å². The van der Waals surface area contributed by atoms with Gasteiger partial charge in [-0.15, -0.1) is 0 Å². The highest BCUT2D eigenvalue weighted by Gasteiger charge is 2.30. The van der Waals surface area contributed by atoms with Gasteiger partial charge in [0, 0.05) is 49.0 Å². The van der Waals surface area contributed by atoms with Crippen molar-refractivity contribution in [2.75, 3.05) is 31.1 Å².